The van der Waals surface area contributed by atoms with Crippen molar-refractivity contribution in [2.24, 2.45) is 0 Å². The third-order valence-electron chi connectivity index (χ3n) is 1.98. The highest BCUT2D eigenvalue weighted by atomic mass is 32.2. The Morgan fingerprint density at radius 2 is 1.92 bits per heavy atom. The standard InChI is InChI=1S/C11H16OS/c1-3-10(8-12)13-11-6-4-9(2)5-7-11/h4-7,10,12H,3,8H2,1-2H3. The quantitative estimate of drug-likeness (QED) is 0.747. The highest BCUT2D eigenvalue weighted by molar-refractivity contribution is 8.00. The highest BCUT2D eigenvalue weighted by Crippen LogP contribution is 2.24. The van der Waals surface area contributed by atoms with Gasteiger partial charge in [0.05, 0.1) is 6.61 Å². The van der Waals surface area contributed by atoms with Crippen LogP contribution in [0.5, 0.6) is 0 Å². The Morgan fingerprint density at radius 1 is 1.31 bits per heavy atom. The van der Waals surface area contributed by atoms with E-state index in [-0.39, 0.29) is 6.61 Å². The Morgan fingerprint density at radius 3 is 2.38 bits per heavy atom. The monoisotopic (exact) mass is 196 g/mol. The lowest BCUT2D eigenvalue weighted by Crippen LogP contribution is -2.05. The topological polar surface area (TPSA) is 20.2 Å². The zero-order valence-corrected chi connectivity index (χ0v) is 8.97. The van der Waals surface area contributed by atoms with E-state index in [2.05, 4.69) is 38.1 Å². The first-order chi connectivity index (χ1) is 6.26. The molecule has 1 aromatic carbocycles. The first-order valence-corrected chi connectivity index (χ1v) is 5.48. The Hall–Kier alpha value is -0.470. The van der Waals surface area contributed by atoms with Gasteiger partial charge in [0.25, 0.3) is 0 Å². The molecule has 0 aromatic heterocycles. The molecule has 0 aliphatic heterocycles. The Balaban J connectivity index is 2.58. The van der Waals surface area contributed by atoms with E-state index in [1.54, 1.807) is 11.8 Å². The van der Waals surface area contributed by atoms with E-state index >= 15 is 0 Å². The molecule has 1 unspecified atom stereocenters. The SMILES string of the molecule is CCC(CO)Sc1ccc(C)cc1. The first kappa shape index (κ1) is 10.6. The van der Waals surface area contributed by atoms with E-state index in [0.29, 0.717) is 5.25 Å². The zero-order chi connectivity index (χ0) is 9.68. The van der Waals surface area contributed by atoms with Crippen molar-refractivity contribution in [2.45, 2.75) is 30.4 Å². The maximum Gasteiger partial charge on any atom is 0.0553 e. The Labute approximate surface area is 84.2 Å². The van der Waals surface area contributed by atoms with Crippen LogP contribution in [0.2, 0.25) is 0 Å². The van der Waals surface area contributed by atoms with Gasteiger partial charge in [-0.3, -0.25) is 0 Å². The van der Waals surface area contributed by atoms with E-state index in [4.69, 9.17) is 5.11 Å². The fourth-order valence-electron chi connectivity index (χ4n) is 1.06. The van der Waals surface area contributed by atoms with Crippen molar-refractivity contribution < 1.29 is 5.11 Å². The third-order valence-corrected chi connectivity index (χ3v) is 3.34. The number of hydrogen-bond donors (Lipinski definition) is 1. The van der Waals surface area contributed by atoms with Gasteiger partial charge >= 0.3 is 0 Å². The fourth-order valence-corrected chi connectivity index (χ4v) is 1.98. The van der Waals surface area contributed by atoms with Crippen LogP contribution < -0.4 is 0 Å². The summed E-state index contributed by atoms with van der Waals surface area (Å²) in [7, 11) is 0. The molecule has 72 valence electrons. The van der Waals surface area contributed by atoms with Crippen molar-refractivity contribution >= 4 is 11.8 Å². The van der Waals surface area contributed by atoms with Gasteiger partial charge in [0, 0.05) is 10.1 Å². The third kappa shape index (κ3) is 3.41. The van der Waals surface area contributed by atoms with E-state index < -0.39 is 0 Å². The summed E-state index contributed by atoms with van der Waals surface area (Å²) in [6, 6.07) is 8.43. The summed E-state index contributed by atoms with van der Waals surface area (Å²) in [6.07, 6.45) is 1.01. The number of benzene rings is 1. The number of aliphatic hydroxyl groups excluding tert-OH is 1. The molecular formula is C11H16OS. The summed E-state index contributed by atoms with van der Waals surface area (Å²) in [4.78, 5) is 1.24. The van der Waals surface area contributed by atoms with Gasteiger partial charge in [0.15, 0.2) is 0 Å². The molecule has 1 nitrogen and oxygen atoms in total. The molecule has 0 amide bonds. The van der Waals surface area contributed by atoms with Crippen LogP contribution in [-0.2, 0) is 0 Å². The van der Waals surface area contributed by atoms with Crippen molar-refractivity contribution in [1.29, 1.82) is 0 Å². The van der Waals surface area contributed by atoms with Gasteiger partial charge < -0.3 is 5.11 Å². The van der Waals surface area contributed by atoms with Crippen LogP contribution in [0.1, 0.15) is 18.9 Å². The summed E-state index contributed by atoms with van der Waals surface area (Å²) < 4.78 is 0. The lowest BCUT2D eigenvalue weighted by atomic mass is 10.2. The molecule has 0 spiro atoms. The molecule has 0 saturated heterocycles. The molecule has 0 saturated carbocycles. The van der Waals surface area contributed by atoms with Gasteiger partial charge in [-0.15, -0.1) is 11.8 Å². The van der Waals surface area contributed by atoms with Crippen LogP contribution in [0.4, 0.5) is 0 Å². The van der Waals surface area contributed by atoms with Gasteiger partial charge in [-0.05, 0) is 25.5 Å². The zero-order valence-electron chi connectivity index (χ0n) is 8.16. The molecule has 0 aliphatic rings. The maximum absolute atomic E-state index is 9.02. The van der Waals surface area contributed by atoms with Crippen molar-refractivity contribution in [3.63, 3.8) is 0 Å². The number of thioether (sulfide) groups is 1. The van der Waals surface area contributed by atoms with Crippen molar-refractivity contribution in [3.05, 3.63) is 29.8 Å². The van der Waals surface area contributed by atoms with Gasteiger partial charge in [-0.2, -0.15) is 0 Å². The van der Waals surface area contributed by atoms with E-state index in [0.717, 1.165) is 6.42 Å². The molecule has 1 aromatic rings. The molecule has 0 heterocycles. The molecule has 1 atom stereocenters. The molecule has 13 heavy (non-hydrogen) atoms. The number of rotatable bonds is 4. The summed E-state index contributed by atoms with van der Waals surface area (Å²) in [5.41, 5.74) is 1.28. The molecule has 1 N–H and O–H groups in total. The number of hydrogen-bond acceptors (Lipinski definition) is 2. The van der Waals surface area contributed by atoms with Crippen molar-refractivity contribution in [2.75, 3.05) is 6.61 Å². The van der Waals surface area contributed by atoms with E-state index in [1.165, 1.54) is 10.5 Å². The summed E-state index contributed by atoms with van der Waals surface area (Å²) in [5, 5.41) is 9.36. The van der Waals surface area contributed by atoms with Crippen LogP contribution in [0.25, 0.3) is 0 Å². The first-order valence-electron chi connectivity index (χ1n) is 4.60. The van der Waals surface area contributed by atoms with Crippen LogP contribution in [0, 0.1) is 6.92 Å². The second-order valence-corrected chi connectivity index (χ2v) is 4.52. The van der Waals surface area contributed by atoms with Crippen molar-refractivity contribution in [3.8, 4) is 0 Å². The van der Waals surface area contributed by atoms with Gasteiger partial charge in [0.1, 0.15) is 0 Å². The average Bonchev–Trinajstić information content (AvgIpc) is 2.17. The molecule has 1 rings (SSSR count). The van der Waals surface area contributed by atoms with Crippen LogP contribution in [0.15, 0.2) is 29.2 Å². The lowest BCUT2D eigenvalue weighted by Gasteiger charge is -2.10. The van der Waals surface area contributed by atoms with Gasteiger partial charge in [-0.25, -0.2) is 0 Å². The maximum atomic E-state index is 9.02. The van der Waals surface area contributed by atoms with E-state index in [1.807, 2.05) is 0 Å². The van der Waals surface area contributed by atoms with Crippen molar-refractivity contribution in [1.82, 2.24) is 0 Å². The molecular weight excluding hydrogens is 180 g/mol. The lowest BCUT2D eigenvalue weighted by molar-refractivity contribution is 0.292. The minimum Gasteiger partial charge on any atom is -0.395 e. The Bertz CT molecular complexity index is 239. The molecule has 2 heteroatoms. The Kier molecular flexibility index (Phi) is 4.33. The predicted molar refractivity (Wildman–Crippen MR) is 58.2 cm³/mol. The van der Waals surface area contributed by atoms with E-state index in [9.17, 15) is 0 Å². The second-order valence-electron chi connectivity index (χ2n) is 3.14. The largest absolute Gasteiger partial charge is 0.395 e. The number of aryl methyl sites for hydroxylation is 1. The van der Waals surface area contributed by atoms with Gasteiger partial charge in [-0.1, -0.05) is 24.6 Å². The minimum atomic E-state index is 0.259. The molecule has 0 bridgehead atoms. The second kappa shape index (κ2) is 5.30. The molecule has 0 aliphatic carbocycles. The normalized spacial score (nSPS) is 12.8. The van der Waals surface area contributed by atoms with Crippen LogP contribution in [0.3, 0.4) is 0 Å². The summed E-state index contributed by atoms with van der Waals surface area (Å²) in [5.74, 6) is 0. The van der Waals surface area contributed by atoms with Gasteiger partial charge in [0.2, 0.25) is 0 Å². The fraction of sp³-hybridized carbons (Fsp3) is 0.455. The van der Waals surface area contributed by atoms with Crippen LogP contribution in [-0.4, -0.2) is 17.0 Å². The molecule has 0 fully saturated rings. The average molecular weight is 196 g/mol. The number of aliphatic hydroxyl groups is 1. The summed E-state index contributed by atoms with van der Waals surface area (Å²) in [6.45, 7) is 4.44. The smallest absolute Gasteiger partial charge is 0.0553 e. The molecule has 0 radical (unpaired) electrons. The highest BCUT2D eigenvalue weighted by Gasteiger charge is 2.05. The summed E-state index contributed by atoms with van der Waals surface area (Å²) >= 11 is 1.75. The minimum absolute atomic E-state index is 0.259. The predicted octanol–water partition coefficient (Wildman–Crippen LogP) is 2.86. The van der Waals surface area contributed by atoms with Crippen LogP contribution >= 0.6 is 11.8 Å².